The molecule has 1 aliphatic rings. The third-order valence-corrected chi connectivity index (χ3v) is 5.64. The summed E-state index contributed by atoms with van der Waals surface area (Å²) in [7, 11) is 0. The van der Waals surface area contributed by atoms with Crippen LogP contribution < -0.4 is 16.0 Å². The minimum absolute atomic E-state index is 0.0301. The number of hydrogen-bond donors (Lipinski definition) is 3. The van der Waals surface area contributed by atoms with Crippen LogP contribution in [0.3, 0.4) is 0 Å². The van der Waals surface area contributed by atoms with E-state index < -0.39 is 0 Å². The Labute approximate surface area is 184 Å². The van der Waals surface area contributed by atoms with Crippen molar-refractivity contribution in [1.82, 2.24) is 10.6 Å². The molecule has 1 saturated carbocycles. The molecule has 1 fully saturated rings. The lowest BCUT2D eigenvalue weighted by Crippen LogP contribution is -2.34. The van der Waals surface area contributed by atoms with Crippen molar-refractivity contribution in [3.63, 3.8) is 0 Å². The standard InChI is InChI=1S/C23H26BrN3O3/c24-19-10-4-8-17(14-19)21(28)25-12-13-26-22(29)18-9-5-11-20(15-18)27-23(30)16-6-2-1-3-7-16/h4-5,8-11,14-16H,1-3,6-7,12-13H2,(H,25,28)(H,26,29)(H,27,30). The smallest absolute Gasteiger partial charge is 0.251 e. The molecular formula is C23H26BrN3O3. The van der Waals surface area contributed by atoms with E-state index >= 15 is 0 Å². The first-order chi connectivity index (χ1) is 14.5. The quantitative estimate of drug-likeness (QED) is 0.530. The van der Waals surface area contributed by atoms with E-state index in [0.717, 1.165) is 30.2 Å². The van der Waals surface area contributed by atoms with Gasteiger partial charge in [-0.25, -0.2) is 0 Å². The molecule has 7 heteroatoms. The van der Waals surface area contributed by atoms with Crippen molar-refractivity contribution in [2.45, 2.75) is 32.1 Å². The van der Waals surface area contributed by atoms with Crippen molar-refractivity contribution in [2.75, 3.05) is 18.4 Å². The van der Waals surface area contributed by atoms with Crippen molar-refractivity contribution in [3.05, 3.63) is 64.1 Å². The molecule has 0 spiro atoms. The molecule has 2 aromatic carbocycles. The average molecular weight is 472 g/mol. The minimum atomic E-state index is -0.250. The summed E-state index contributed by atoms with van der Waals surface area (Å²) < 4.78 is 0.832. The van der Waals surface area contributed by atoms with Gasteiger partial charge in [0.15, 0.2) is 0 Å². The van der Waals surface area contributed by atoms with Gasteiger partial charge in [-0.1, -0.05) is 47.3 Å². The van der Waals surface area contributed by atoms with Crippen LogP contribution in [0.2, 0.25) is 0 Å². The number of rotatable bonds is 7. The molecule has 0 heterocycles. The average Bonchev–Trinajstić information content (AvgIpc) is 2.77. The van der Waals surface area contributed by atoms with Crippen molar-refractivity contribution in [1.29, 1.82) is 0 Å². The Balaban J connectivity index is 1.45. The van der Waals surface area contributed by atoms with Gasteiger partial charge in [-0.2, -0.15) is 0 Å². The highest BCUT2D eigenvalue weighted by atomic mass is 79.9. The predicted molar refractivity (Wildman–Crippen MR) is 120 cm³/mol. The molecule has 2 aromatic rings. The first-order valence-corrected chi connectivity index (χ1v) is 11.0. The Morgan fingerprint density at radius 1 is 0.833 bits per heavy atom. The summed E-state index contributed by atoms with van der Waals surface area (Å²) >= 11 is 3.34. The number of hydrogen-bond acceptors (Lipinski definition) is 3. The zero-order valence-corrected chi connectivity index (χ0v) is 18.3. The summed E-state index contributed by atoms with van der Waals surface area (Å²) in [4.78, 5) is 36.9. The Morgan fingerprint density at radius 2 is 1.43 bits per heavy atom. The first-order valence-electron chi connectivity index (χ1n) is 10.3. The van der Waals surface area contributed by atoms with E-state index in [1.807, 2.05) is 6.07 Å². The van der Waals surface area contributed by atoms with Crippen LogP contribution in [-0.4, -0.2) is 30.8 Å². The third kappa shape index (κ3) is 6.42. The topological polar surface area (TPSA) is 87.3 Å². The molecule has 3 N–H and O–H groups in total. The van der Waals surface area contributed by atoms with Crippen LogP contribution in [0.1, 0.15) is 52.8 Å². The summed E-state index contributed by atoms with van der Waals surface area (Å²) in [6.07, 6.45) is 5.25. The highest BCUT2D eigenvalue weighted by Gasteiger charge is 2.21. The SMILES string of the molecule is O=C(NCCNC(=O)c1cccc(NC(=O)C2CCCCC2)c1)c1cccc(Br)c1. The summed E-state index contributed by atoms with van der Waals surface area (Å²) in [6, 6.07) is 14.0. The Morgan fingerprint density at radius 3 is 2.07 bits per heavy atom. The van der Waals surface area contributed by atoms with Crippen LogP contribution in [0.25, 0.3) is 0 Å². The first kappa shape index (κ1) is 22.0. The molecule has 158 valence electrons. The molecule has 0 aromatic heterocycles. The lowest BCUT2D eigenvalue weighted by molar-refractivity contribution is -0.120. The Hall–Kier alpha value is -2.67. The van der Waals surface area contributed by atoms with Gasteiger partial charge in [0.25, 0.3) is 11.8 Å². The molecule has 0 saturated heterocycles. The summed E-state index contributed by atoms with van der Waals surface area (Å²) in [6.45, 7) is 0.617. The van der Waals surface area contributed by atoms with Gasteiger partial charge < -0.3 is 16.0 Å². The summed E-state index contributed by atoms with van der Waals surface area (Å²) in [5, 5.41) is 8.49. The second kappa shape index (κ2) is 10.9. The van der Waals surface area contributed by atoms with Crippen LogP contribution >= 0.6 is 15.9 Å². The van der Waals surface area contributed by atoms with E-state index in [1.54, 1.807) is 42.5 Å². The molecule has 1 aliphatic carbocycles. The van der Waals surface area contributed by atoms with Crippen LogP contribution in [0.15, 0.2) is 53.0 Å². The summed E-state index contributed by atoms with van der Waals surface area (Å²) in [5.41, 5.74) is 1.65. The molecular weight excluding hydrogens is 446 g/mol. The second-order valence-corrected chi connectivity index (χ2v) is 8.34. The number of carbonyl (C=O) groups excluding carboxylic acids is 3. The monoisotopic (exact) mass is 471 g/mol. The van der Waals surface area contributed by atoms with Crippen molar-refractivity contribution < 1.29 is 14.4 Å². The van der Waals surface area contributed by atoms with Gasteiger partial charge in [0.05, 0.1) is 0 Å². The molecule has 0 bridgehead atoms. The molecule has 30 heavy (non-hydrogen) atoms. The van der Waals surface area contributed by atoms with Gasteiger partial charge in [-0.05, 0) is 49.2 Å². The van der Waals surface area contributed by atoms with Gasteiger partial charge in [0.2, 0.25) is 5.91 Å². The second-order valence-electron chi connectivity index (χ2n) is 7.43. The van der Waals surface area contributed by atoms with E-state index in [1.165, 1.54) is 6.42 Å². The zero-order valence-electron chi connectivity index (χ0n) is 16.7. The molecule has 3 amide bonds. The Bertz CT molecular complexity index is 910. The number of carbonyl (C=O) groups is 3. The van der Waals surface area contributed by atoms with E-state index in [4.69, 9.17) is 0 Å². The highest BCUT2D eigenvalue weighted by Crippen LogP contribution is 2.25. The van der Waals surface area contributed by atoms with Crippen molar-refractivity contribution >= 4 is 39.3 Å². The van der Waals surface area contributed by atoms with Gasteiger partial charge >= 0.3 is 0 Å². The predicted octanol–water partition coefficient (Wildman–Crippen LogP) is 4.13. The van der Waals surface area contributed by atoms with Crippen LogP contribution in [0.5, 0.6) is 0 Å². The van der Waals surface area contributed by atoms with Crippen LogP contribution in [0, 0.1) is 5.92 Å². The lowest BCUT2D eigenvalue weighted by Gasteiger charge is -2.20. The fourth-order valence-electron chi connectivity index (χ4n) is 3.53. The molecule has 3 rings (SSSR count). The molecule has 6 nitrogen and oxygen atoms in total. The molecule has 0 atom stereocenters. The van der Waals surface area contributed by atoms with Crippen LogP contribution in [-0.2, 0) is 4.79 Å². The van der Waals surface area contributed by atoms with Gasteiger partial charge in [-0.3, -0.25) is 14.4 Å². The fourth-order valence-corrected chi connectivity index (χ4v) is 3.93. The Kier molecular flexibility index (Phi) is 8.02. The molecule has 0 unspecified atom stereocenters. The highest BCUT2D eigenvalue weighted by molar-refractivity contribution is 9.10. The fraction of sp³-hybridized carbons (Fsp3) is 0.348. The minimum Gasteiger partial charge on any atom is -0.350 e. The zero-order chi connectivity index (χ0) is 21.3. The molecule has 0 aliphatic heterocycles. The number of anilines is 1. The lowest BCUT2D eigenvalue weighted by atomic mass is 9.88. The van der Waals surface area contributed by atoms with Crippen molar-refractivity contribution in [3.8, 4) is 0 Å². The normalized spacial score (nSPS) is 14.0. The largest absolute Gasteiger partial charge is 0.350 e. The van der Waals surface area contributed by atoms with Gasteiger partial charge in [-0.15, -0.1) is 0 Å². The van der Waals surface area contributed by atoms with Gasteiger partial charge in [0, 0.05) is 40.3 Å². The number of nitrogens with one attached hydrogen (secondary N) is 3. The van der Waals surface area contributed by atoms with Gasteiger partial charge in [0.1, 0.15) is 0 Å². The molecule has 0 radical (unpaired) electrons. The number of benzene rings is 2. The third-order valence-electron chi connectivity index (χ3n) is 5.15. The number of halogens is 1. The maximum atomic E-state index is 12.4. The van der Waals surface area contributed by atoms with E-state index in [0.29, 0.717) is 29.9 Å². The van der Waals surface area contributed by atoms with E-state index in [2.05, 4.69) is 31.9 Å². The number of amides is 3. The van der Waals surface area contributed by atoms with Crippen molar-refractivity contribution in [2.24, 2.45) is 5.92 Å². The maximum absolute atomic E-state index is 12.4. The summed E-state index contributed by atoms with van der Waals surface area (Å²) in [5.74, 6) is -0.356. The van der Waals surface area contributed by atoms with E-state index in [-0.39, 0.29) is 23.6 Å². The maximum Gasteiger partial charge on any atom is 0.251 e. The van der Waals surface area contributed by atoms with Crippen LogP contribution in [0.4, 0.5) is 5.69 Å². The van der Waals surface area contributed by atoms with E-state index in [9.17, 15) is 14.4 Å².